The van der Waals surface area contributed by atoms with E-state index in [1.165, 1.54) is 0 Å². The van der Waals surface area contributed by atoms with Gasteiger partial charge in [0.15, 0.2) is 0 Å². The number of hydrogen-bond donors (Lipinski definition) is 1. The van der Waals surface area contributed by atoms with Crippen LogP contribution in [0.25, 0.3) is 6.08 Å². The highest BCUT2D eigenvalue weighted by molar-refractivity contribution is 9.10. The fourth-order valence-electron chi connectivity index (χ4n) is 1.06. The van der Waals surface area contributed by atoms with Crippen LogP contribution in [0.4, 0.5) is 0 Å². The highest BCUT2D eigenvalue weighted by Gasteiger charge is 2.18. The molecule has 0 aliphatic heterocycles. The Morgan fingerprint density at radius 2 is 1.73 bits per heavy atom. The van der Waals surface area contributed by atoms with Crippen LogP contribution in [0.1, 0.15) is 26.3 Å². The zero-order valence-electron chi connectivity index (χ0n) is 9.37. The smallest absolute Gasteiger partial charge is 0.0772 e. The third kappa shape index (κ3) is 4.18. The predicted molar refractivity (Wildman–Crippen MR) is 68.6 cm³/mol. The molecule has 0 fully saturated rings. The molecular formula is C13H17BrO. The summed E-state index contributed by atoms with van der Waals surface area (Å²) >= 11 is 3.38. The zero-order valence-corrected chi connectivity index (χ0v) is 11.0. The standard InChI is InChI=1S/C13H17BrO/c1-13(2,3)12(15)9-6-10-4-7-11(14)8-5-10/h4-9,12,15H,1-3H3. The average Bonchev–Trinajstić information content (AvgIpc) is 2.15. The Bertz CT molecular complexity index is 333. The Hall–Kier alpha value is -0.600. The van der Waals surface area contributed by atoms with Gasteiger partial charge in [-0.1, -0.05) is 61.0 Å². The monoisotopic (exact) mass is 268 g/mol. The fraction of sp³-hybridized carbons (Fsp3) is 0.385. The number of benzene rings is 1. The van der Waals surface area contributed by atoms with Crippen molar-refractivity contribution < 1.29 is 5.11 Å². The molecule has 1 atom stereocenters. The first-order chi connectivity index (χ1) is 6.89. The van der Waals surface area contributed by atoms with E-state index in [9.17, 15) is 5.11 Å². The van der Waals surface area contributed by atoms with Gasteiger partial charge in [-0.15, -0.1) is 0 Å². The van der Waals surface area contributed by atoms with Gasteiger partial charge in [-0.2, -0.15) is 0 Å². The van der Waals surface area contributed by atoms with Crippen LogP contribution in [0, 0.1) is 5.41 Å². The van der Waals surface area contributed by atoms with E-state index in [0.717, 1.165) is 10.0 Å². The quantitative estimate of drug-likeness (QED) is 0.864. The topological polar surface area (TPSA) is 20.2 Å². The summed E-state index contributed by atoms with van der Waals surface area (Å²) in [6.45, 7) is 6.05. The van der Waals surface area contributed by atoms with Crippen LogP contribution in [0.3, 0.4) is 0 Å². The summed E-state index contributed by atoms with van der Waals surface area (Å²) in [7, 11) is 0. The van der Waals surface area contributed by atoms with Crippen LogP contribution in [-0.4, -0.2) is 11.2 Å². The molecule has 1 aromatic rings. The first-order valence-electron chi connectivity index (χ1n) is 5.01. The molecule has 0 bridgehead atoms. The number of aliphatic hydroxyl groups excluding tert-OH is 1. The molecule has 0 saturated heterocycles. The van der Waals surface area contributed by atoms with Gasteiger partial charge >= 0.3 is 0 Å². The molecule has 1 rings (SSSR count). The molecule has 0 saturated carbocycles. The Labute approximate surface area is 100.0 Å². The summed E-state index contributed by atoms with van der Waals surface area (Å²) in [6, 6.07) is 8.00. The molecule has 0 spiro atoms. The largest absolute Gasteiger partial charge is 0.388 e. The summed E-state index contributed by atoms with van der Waals surface area (Å²) < 4.78 is 1.07. The van der Waals surface area contributed by atoms with E-state index in [1.807, 2.05) is 57.2 Å². The number of halogens is 1. The highest BCUT2D eigenvalue weighted by Crippen LogP contribution is 2.21. The Morgan fingerprint density at radius 1 is 1.20 bits per heavy atom. The third-order valence-electron chi connectivity index (χ3n) is 2.23. The molecule has 0 aliphatic rings. The lowest BCUT2D eigenvalue weighted by Gasteiger charge is -2.22. The van der Waals surface area contributed by atoms with E-state index < -0.39 is 6.10 Å². The molecule has 0 radical (unpaired) electrons. The first-order valence-corrected chi connectivity index (χ1v) is 5.81. The van der Waals surface area contributed by atoms with E-state index >= 15 is 0 Å². The SMILES string of the molecule is CC(C)(C)C(O)C=Cc1ccc(Br)cc1. The highest BCUT2D eigenvalue weighted by atomic mass is 79.9. The van der Waals surface area contributed by atoms with E-state index in [1.54, 1.807) is 0 Å². The third-order valence-corrected chi connectivity index (χ3v) is 2.76. The molecule has 1 aromatic carbocycles. The molecule has 1 N–H and O–H groups in total. The normalized spacial score (nSPS) is 14.5. The first kappa shape index (κ1) is 12.5. The minimum absolute atomic E-state index is 0.105. The van der Waals surface area contributed by atoms with Crippen molar-refractivity contribution >= 4 is 22.0 Å². The lowest BCUT2D eigenvalue weighted by Crippen LogP contribution is -2.23. The van der Waals surface area contributed by atoms with Crippen LogP contribution in [0.5, 0.6) is 0 Å². The lowest BCUT2D eigenvalue weighted by atomic mass is 9.89. The van der Waals surface area contributed by atoms with Crippen LogP contribution in [0.15, 0.2) is 34.8 Å². The Morgan fingerprint density at radius 3 is 2.20 bits per heavy atom. The Kier molecular flexibility index (Phi) is 4.12. The van der Waals surface area contributed by atoms with Gasteiger partial charge in [0.2, 0.25) is 0 Å². The number of aliphatic hydroxyl groups is 1. The Balaban J connectivity index is 2.70. The van der Waals surface area contributed by atoms with Crippen LogP contribution >= 0.6 is 15.9 Å². The van der Waals surface area contributed by atoms with Gasteiger partial charge in [0.25, 0.3) is 0 Å². The van der Waals surface area contributed by atoms with Gasteiger partial charge in [0.1, 0.15) is 0 Å². The molecule has 1 nitrogen and oxygen atoms in total. The molecule has 0 aliphatic carbocycles. The van der Waals surface area contributed by atoms with Crippen molar-refractivity contribution in [2.45, 2.75) is 26.9 Å². The van der Waals surface area contributed by atoms with Crippen LogP contribution in [-0.2, 0) is 0 Å². The van der Waals surface area contributed by atoms with Crippen molar-refractivity contribution in [3.63, 3.8) is 0 Å². The van der Waals surface area contributed by atoms with Crippen molar-refractivity contribution in [1.29, 1.82) is 0 Å². The van der Waals surface area contributed by atoms with Gasteiger partial charge in [-0.25, -0.2) is 0 Å². The number of rotatable bonds is 2. The van der Waals surface area contributed by atoms with Crippen molar-refractivity contribution in [1.82, 2.24) is 0 Å². The minimum atomic E-state index is -0.416. The lowest BCUT2D eigenvalue weighted by molar-refractivity contribution is 0.106. The molecule has 2 heteroatoms. The molecular weight excluding hydrogens is 252 g/mol. The maximum atomic E-state index is 9.81. The minimum Gasteiger partial charge on any atom is -0.388 e. The second kappa shape index (κ2) is 4.95. The van der Waals surface area contributed by atoms with Gasteiger partial charge < -0.3 is 5.11 Å². The van der Waals surface area contributed by atoms with E-state index in [0.29, 0.717) is 0 Å². The van der Waals surface area contributed by atoms with Gasteiger partial charge in [-0.05, 0) is 23.1 Å². The van der Waals surface area contributed by atoms with Gasteiger partial charge in [0, 0.05) is 4.47 Å². The molecule has 82 valence electrons. The molecule has 0 heterocycles. The molecule has 15 heavy (non-hydrogen) atoms. The van der Waals surface area contributed by atoms with Gasteiger partial charge in [0.05, 0.1) is 6.10 Å². The van der Waals surface area contributed by atoms with Crippen LogP contribution < -0.4 is 0 Å². The fourth-order valence-corrected chi connectivity index (χ4v) is 1.33. The van der Waals surface area contributed by atoms with Gasteiger partial charge in [-0.3, -0.25) is 0 Å². The predicted octanol–water partition coefficient (Wildman–Crippen LogP) is 3.87. The summed E-state index contributed by atoms with van der Waals surface area (Å²) in [5.74, 6) is 0. The van der Waals surface area contributed by atoms with Crippen molar-refractivity contribution in [2.24, 2.45) is 5.41 Å². The van der Waals surface area contributed by atoms with Crippen molar-refractivity contribution in [3.05, 3.63) is 40.4 Å². The molecule has 0 aromatic heterocycles. The van der Waals surface area contributed by atoms with Crippen LogP contribution in [0.2, 0.25) is 0 Å². The summed E-state index contributed by atoms with van der Waals surface area (Å²) in [6.07, 6.45) is 3.37. The molecule has 1 unspecified atom stereocenters. The summed E-state index contributed by atoms with van der Waals surface area (Å²) in [5.41, 5.74) is 0.993. The van der Waals surface area contributed by atoms with Crippen molar-refractivity contribution in [3.8, 4) is 0 Å². The number of hydrogen-bond acceptors (Lipinski definition) is 1. The van der Waals surface area contributed by atoms with E-state index in [4.69, 9.17) is 0 Å². The second-order valence-corrected chi connectivity index (χ2v) is 5.64. The maximum Gasteiger partial charge on any atom is 0.0772 e. The van der Waals surface area contributed by atoms with E-state index in [-0.39, 0.29) is 5.41 Å². The van der Waals surface area contributed by atoms with Crippen molar-refractivity contribution in [2.75, 3.05) is 0 Å². The average molecular weight is 269 g/mol. The summed E-state index contributed by atoms with van der Waals surface area (Å²) in [4.78, 5) is 0. The van der Waals surface area contributed by atoms with E-state index in [2.05, 4.69) is 15.9 Å². The summed E-state index contributed by atoms with van der Waals surface area (Å²) in [5, 5.41) is 9.81. The second-order valence-electron chi connectivity index (χ2n) is 4.72. The maximum absolute atomic E-state index is 9.81. The zero-order chi connectivity index (χ0) is 11.5. The molecule has 0 amide bonds.